The molecule has 6 heteroatoms. The lowest BCUT2D eigenvalue weighted by Gasteiger charge is -2.07. The van der Waals surface area contributed by atoms with E-state index >= 15 is 0 Å². The predicted molar refractivity (Wildman–Crippen MR) is 62.5 cm³/mol. The largest absolute Gasteiger partial charge is 0.493 e. The van der Waals surface area contributed by atoms with Gasteiger partial charge in [0.1, 0.15) is 11.6 Å². The molecule has 0 aliphatic heterocycles. The van der Waals surface area contributed by atoms with Crippen LogP contribution >= 0.6 is 0 Å². The quantitative estimate of drug-likeness (QED) is 0.563. The maximum absolute atomic E-state index is 12.8. The topological polar surface area (TPSA) is 56.8 Å². The van der Waals surface area contributed by atoms with Gasteiger partial charge < -0.3 is 9.47 Å². The van der Waals surface area contributed by atoms with Gasteiger partial charge in [-0.3, -0.25) is 9.63 Å². The molecule has 1 N–H and O–H groups in total. The van der Waals surface area contributed by atoms with Crippen LogP contribution in [-0.4, -0.2) is 32.8 Å². The normalized spacial score (nSPS) is 10.1. The van der Waals surface area contributed by atoms with E-state index in [1.807, 2.05) is 0 Å². The van der Waals surface area contributed by atoms with E-state index in [1.54, 1.807) is 12.1 Å². The minimum absolute atomic E-state index is 0.128. The maximum atomic E-state index is 12.8. The third-order valence-electron chi connectivity index (χ3n) is 1.97. The Morgan fingerprint density at radius 1 is 1.33 bits per heavy atom. The van der Waals surface area contributed by atoms with Crippen LogP contribution in [0.4, 0.5) is 4.39 Å². The number of carbonyl (C=O) groups is 1. The first kappa shape index (κ1) is 14.4. The van der Waals surface area contributed by atoms with E-state index in [4.69, 9.17) is 14.3 Å². The minimum atomic E-state index is -0.375. The first-order chi connectivity index (χ1) is 8.72. The van der Waals surface area contributed by atoms with E-state index in [2.05, 4.69) is 5.48 Å². The van der Waals surface area contributed by atoms with Gasteiger partial charge in [0.2, 0.25) is 5.91 Å². The number of hydroxylamine groups is 1. The van der Waals surface area contributed by atoms with Gasteiger partial charge in [0.05, 0.1) is 26.2 Å². The molecule has 18 heavy (non-hydrogen) atoms. The Kier molecular flexibility index (Phi) is 6.75. The fourth-order valence-corrected chi connectivity index (χ4v) is 1.13. The first-order valence-electron chi connectivity index (χ1n) is 5.50. The second-order valence-corrected chi connectivity index (χ2v) is 3.42. The molecule has 0 bridgehead atoms. The molecule has 1 rings (SSSR count). The highest BCUT2D eigenvalue weighted by Crippen LogP contribution is 2.11. The summed E-state index contributed by atoms with van der Waals surface area (Å²) in [4.78, 5) is 16.0. The van der Waals surface area contributed by atoms with Gasteiger partial charge in [0.25, 0.3) is 0 Å². The monoisotopic (exact) mass is 257 g/mol. The summed E-state index contributed by atoms with van der Waals surface area (Å²) < 4.78 is 22.7. The van der Waals surface area contributed by atoms with Crippen molar-refractivity contribution in [2.24, 2.45) is 0 Å². The summed E-state index contributed by atoms with van der Waals surface area (Å²) in [7, 11) is 1.54. The molecular formula is C12H16FNO4. The van der Waals surface area contributed by atoms with Gasteiger partial charge >= 0.3 is 0 Å². The van der Waals surface area contributed by atoms with Crippen molar-refractivity contribution in [3.05, 3.63) is 30.1 Å². The number of rotatable bonds is 8. The molecule has 0 aromatic heterocycles. The van der Waals surface area contributed by atoms with Gasteiger partial charge in [-0.05, 0) is 12.1 Å². The van der Waals surface area contributed by atoms with Crippen molar-refractivity contribution in [2.75, 3.05) is 26.9 Å². The number of hydrogen-bond acceptors (Lipinski definition) is 4. The number of hydrogen-bond donors (Lipinski definition) is 1. The molecule has 0 aliphatic carbocycles. The molecule has 0 fully saturated rings. The number of nitrogens with one attached hydrogen (secondary N) is 1. The molecule has 1 aromatic carbocycles. The Labute approximate surface area is 105 Å². The average molecular weight is 257 g/mol. The van der Waals surface area contributed by atoms with Crippen LogP contribution in [0.2, 0.25) is 0 Å². The Balaban J connectivity index is 2.12. The maximum Gasteiger partial charge on any atom is 0.246 e. The summed E-state index contributed by atoms with van der Waals surface area (Å²) in [6, 6.07) is 5.74. The first-order valence-corrected chi connectivity index (χ1v) is 5.50. The van der Waals surface area contributed by atoms with Crippen molar-refractivity contribution in [3.8, 4) is 5.75 Å². The van der Waals surface area contributed by atoms with Crippen molar-refractivity contribution in [1.82, 2.24) is 5.48 Å². The van der Waals surface area contributed by atoms with Crippen molar-refractivity contribution in [3.63, 3.8) is 0 Å². The van der Waals surface area contributed by atoms with E-state index in [-0.39, 0.29) is 31.4 Å². The van der Waals surface area contributed by atoms with Crippen molar-refractivity contribution < 1.29 is 23.5 Å². The lowest BCUT2D eigenvalue weighted by atomic mass is 10.3. The van der Waals surface area contributed by atoms with E-state index in [9.17, 15) is 9.18 Å². The standard InChI is InChI=1S/C12H16FNO4/c1-16-7-8-18-14-12(15)5-6-17-11-4-2-3-10(13)9-11/h2-4,9H,5-8H2,1H3,(H,14,15). The number of ether oxygens (including phenoxy) is 2. The third-order valence-corrected chi connectivity index (χ3v) is 1.97. The Hall–Kier alpha value is -1.66. The molecule has 0 unspecified atom stereocenters. The second-order valence-electron chi connectivity index (χ2n) is 3.42. The zero-order chi connectivity index (χ0) is 13.2. The molecule has 0 radical (unpaired) electrons. The molecule has 0 saturated carbocycles. The lowest BCUT2D eigenvalue weighted by molar-refractivity contribution is -0.135. The zero-order valence-corrected chi connectivity index (χ0v) is 10.1. The third kappa shape index (κ3) is 6.17. The zero-order valence-electron chi connectivity index (χ0n) is 10.1. The van der Waals surface area contributed by atoms with Gasteiger partial charge in [-0.1, -0.05) is 6.07 Å². The summed E-state index contributed by atoms with van der Waals surface area (Å²) in [6.45, 7) is 0.843. The fourth-order valence-electron chi connectivity index (χ4n) is 1.13. The molecule has 1 aromatic rings. The number of carbonyl (C=O) groups excluding carboxylic acids is 1. The smallest absolute Gasteiger partial charge is 0.246 e. The van der Waals surface area contributed by atoms with Gasteiger partial charge in [0.15, 0.2) is 0 Å². The van der Waals surface area contributed by atoms with Crippen LogP contribution in [0.3, 0.4) is 0 Å². The molecular weight excluding hydrogens is 241 g/mol. The number of methoxy groups -OCH3 is 1. The SMILES string of the molecule is COCCONC(=O)CCOc1cccc(F)c1. The highest BCUT2D eigenvalue weighted by Gasteiger charge is 2.02. The highest BCUT2D eigenvalue weighted by molar-refractivity contribution is 5.74. The molecule has 5 nitrogen and oxygen atoms in total. The fraction of sp³-hybridized carbons (Fsp3) is 0.417. The van der Waals surface area contributed by atoms with Crippen LogP contribution in [-0.2, 0) is 14.4 Å². The van der Waals surface area contributed by atoms with E-state index in [0.29, 0.717) is 12.4 Å². The Morgan fingerprint density at radius 3 is 2.89 bits per heavy atom. The second kappa shape index (κ2) is 8.43. The molecule has 0 heterocycles. The van der Waals surface area contributed by atoms with E-state index in [0.717, 1.165) is 0 Å². The van der Waals surface area contributed by atoms with E-state index in [1.165, 1.54) is 19.2 Å². The van der Waals surface area contributed by atoms with Crippen molar-refractivity contribution >= 4 is 5.91 Å². The summed E-state index contributed by atoms with van der Waals surface area (Å²) in [6.07, 6.45) is 0.128. The van der Waals surface area contributed by atoms with Crippen LogP contribution in [0, 0.1) is 5.82 Å². The highest BCUT2D eigenvalue weighted by atomic mass is 19.1. The van der Waals surface area contributed by atoms with Gasteiger partial charge in [-0.25, -0.2) is 9.87 Å². The Morgan fingerprint density at radius 2 is 2.17 bits per heavy atom. The molecule has 1 amide bonds. The number of benzene rings is 1. The summed E-state index contributed by atoms with van der Waals surface area (Å²) in [5, 5.41) is 0. The van der Waals surface area contributed by atoms with Crippen LogP contribution in [0.5, 0.6) is 5.75 Å². The lowest BCUT2D eigenvalue weighted by Crippen LogP contribution is -2.26. The van der Waals surface area contributed by atoms with Crippen LogP contribution in [0.15, 0.2) is 24.3 Å². The minimum Gasteiger partial charge on any atom is -0.493 e. The molecule has 100 valence electrons. The van der Waals surface area contributed by atoms with Gasteiger partial charge in [-0.15, -0.1) is 0 Å². The summed E-state index contributed by atoms with van der Waals surface area (Å²) >= 11 is 0. The molecule has 0 atom stereocenters. The molecule has 0 saturated heterocycles. The van der Waals surface area contributed by atoms with Gasteiger partial charge in [-0.2, -0.15) is 0 Å². The van der Waals surface area contributed by atoms with Crippen LogP contribution in [0.1, 0.15) is 6.42 Å². The van der Waals surface area contributed by atoms with Crippen molar-refractivity contribution in [1.29, 1.82) is 0 Å². The molecule has 0 aliphatic rings. The Bertz CT molecular complexity index is 373. The van der Waals surface area contributed by atoms with Crippen molar-refractivity contribution in [2.45, 2.75) is 6.42 Å². The summed E-state index contributed by atoms with van der Waals surface area (Å²) in [5.74, 6) is -0.287. The van der Waals surface area contributed by atoms with Crippen LogP contribution < -0.4 is 10.2 Å². The predicted octanol–water partition coefficient (Wildman–Crippen LogP) is 1.29. The number of amides is 1. The average Bonchev–Trinajstić information content (AvgIpc) is 2.35. The molecule has 0 spiro atoms. The summed E-state index contributed by atoms with van der Waals surface area (Å²) in [5.41, 5.74) is 2.24. The van der Waals surface area contributed by atoms with Gasteiger partial charge in [0, 0.05) is 13.2 Å². The van der Waals surface area contributed by atoms with Crippen LogP contribution in [0.25, 0.3) is 0 Å². The number of halogens is 1. The van der Waals surface area contributed by atoms with E-state index < -0.39 is 0 Å².